The van der Waals surface area contributed by atoms with Gasteiger partial charge in [-0.1, -0.05) is 24.6 Å². The van der Waals surface area contributed by atoms with Gasteiger partial charge in [0.1, 0.15) is 5.76 Å². The largest absolute Gasteiger partial charge is 0.452 e. The molecule has 1 unspecified atom stereocenters. The van der Waals surface area contributed by atoms with E-state index in [2.05, 4.69) is 41.2 Å². The van der Waals surface area contributed by atoms with Gasteiger partial charge < -0.3 is 9.73 Å². The molecule has 2 nitrogen and oxygen atoms in total. The number of benzene rings is 1. The van der Waals surface area contributed by atoms with E-state index in [0.29, 0.717) is 0 Å². The highest BCUT2D eigenvalue weighted by Crippen LogP contribution is 2.31. The molecule has 2 aromatic rings. The van der Waals surface area contributed by atoms with Crippen molar-refractivity contribution in [2.45, 2.75) is 33.2 Å². The van der Waals surface area contributed by atoms with Crippen molar-refractivity contribution >= 4 is 27.5 Å². The van der Waals surface area contributed by atoms with E-state index in [9.17, 15) is 0 Å². The standard InChI is InChI=1S/C16H19BrClNO/c1-4-7-19-16(14-5-6-15(17)20-14)12-8-11(3)13(18)9-10(12)2/h5-6,8-9,16,19H,4,7H2,1-3H3. The Morgan fingerprint density at radius 2 is 2.00 bits per heavy atom. The second-order valence-electron chi connectivity index (χ2n) is 4.99. The molecule has 20 heavy (non-hydrogen) atoms. The van der Waals surface area contributed by atoms with Crippen LogP contribution in [-0.2, 0) is 0 Å². The molecule has 0 saturated heterocycles. The second kappa shape index (κ2) is 6.79. The molecule has 0 fully saturated rings. The molecule has 0 aliphatic heterocycles. The molecule has 1 atom stereocenters. The first-order valence-electron chi connectivity index (χ1n) is 6.78. The summed E-state index contributed by atoms with van der Waals surface area (Å²) in [5, 5.41) is 4.35. The van der Waals surface area contributed by atoms with Crippen molar-refractivity contribution in [2.24, 2.45) is 0 Å². The Morgan fingerprint density at radius 3 is 2.60 bits per heavy atom. The van der Waals surface area contributed by atoms with E-state index in [1.165, 1.54) is 11.1 Å². The number of aryl methyl sites for hydroxylation is 2. The Bertz CT molecular complexity index is 594. The van der Waals surface area contributed by atoms with Crippen LogP contribution in [0.3, 0.4) is 0 Å². The summed E-state index contributed by atoms with van der Waals surface area (Å²) in [6, 6.07) is 8.14. The van der Waals surface area contributed by atoms with Crippen molar-refractivity contribution in [3.8, 4) is 0 Å². The molecule has 108 valence electrons. The van der Waals surface area contributed by atoms with E-state index in [4.69, 9.17) is 16.0 Å². The summed E-state index contributed by atoms with van der Waals surface area (Å²) in [6.45, 7) is 7.20. The average Bonchev–Trinajstić information content (AvgIpc) is 2.82. The van der Waals surface area contributed by atoms with Gasteiger partial charge in [-0.25, -0.2) is 0 Å². The Labute approximate surface area is 133 Å². The predicted octanol–water partition coefficient (Wildman–Crippen LogP) is 5.40. The van der Waals surface area contributed by atoms with E-state index in [1.807, 2.05) is 25.1 Å². The number of nitrogens with one attached hydrogen (secondary N) is 1. The van der Waals surface area contributed by atoms with Gasteiger partial charge in [-0.15, -0.1) is 0 Å². The zero-order chi connectivity index (χ0) is 14.7. The summed E-state index contributed by atoms with van der Waals surface area (Å²) < 4.78 is 6.49. The third-order valence-corrected chi connectivity index (χ3v) is 4.17. The van der Waals surface area contributed by atoms with Crippen molar-refractivity contribution < 1.29 is 4.42 Å². The molecule has 0 aliphatic carbocycles. The Balaban J connectivity index is 2.43. The fourth-order valence-electron chi connectivity index (χ4n) is 2.25. The van der Waals surface area contributed by atoms with Crippen molar-refractivity contribution in [2.75, 3.05) is 6.54 Å². The molecule has 0 spiro atoms. The number of halogens is 2. The average molecular weight is 357 g/mol. The van der Waals surface area contributed by atoms with E-state index in [0.717, 1.165) is 34.0 Å². The van der Waals surface area contributed by atoms with Gasteiger partial charge in [-0.3, -0.25) is 0 Å². The summed E-state index contributed by atoms with van der Waals surface area (Å²) in [5.74, 6) is 0.912. The first kappa shape index (κ1) is 15.6. The molecule has 0 radical (unpaired) electrons. The van der Waals surface area contributed by atoms with Crippen molar-refractivity contribution in [1.29, 1.82) is 0 Å². The lowest BCUT2D eigenvalue weighted by atomic mass is 9.97. The normalized spacial score (nSPS) is 12.7. The molecular weight excluding hydrogens is 338 g/mol. The van der Waals surface area contributed by atoms with Crippen LogP contribution in [0.2, 0.25) is 5.02 Å². The molecule has 0 saturated carbocycles. The quantitative estimate of drug-likeness (QED) is 0.775. The predicted molar refractivity (Wildman–Crippen MR) is 87.5 cm³/mol. The SMILES string of the molecule is CCCNC(c1ccc(Br)o1)c1cc(C)c(Cl)cc1C. The molecular formula is C16H19BrClNO. The number of rotatable bonds is 5. The lowest BCUT2D eigenvalue weighted by Crippen LogP contribution is -2.23. The minimum atomic E-state index is 0.0530. The monoisotopic (exact) mass is 355 g/mol. The minimum Gasteiger partial charge on any atom is -0.452 e. The van der Waals surface area contributed by atoms with Crippen LogP contribution in [0.1, 0.15) is 41.8 Å². The first-order valence-corrected chi connectivity index (χ1v) is 7.95. The van der Waals surface area contributed by atoms with Crippen LogP contribution in [-0.4, -0.2) is 6.54 Å². The second-order valence-corrected chi connectivity index (χ2v) is 6.18. The summed E-state index contributed by atoms with van der Waals surface area (Å²) in [4.78, 5) is 0. The Kier molecular flexibility index (Phi) is 5.30. The first-order chi connectivity index (χ1) is 9.52. The van der Waals surface area contributed by atoms with Gasteiger partial charge in [0.2, 0.25) is 0 Å². The van der Waals surface area contributed by atoms with Crippen LogP contribution in [0.25, 0.3) is 0 Å². The zero-order valence-electron chi connectivity index (χ0n) is 12.0. The third-order valence-electron chi connectivity index (χ3n) is 3.34. The number of hydrogen-bond donors (Lipinski definition) is 1. The fraction of sp³-hybridized carbons (Fsp3) is 0.375. The molecule has 1 aromatic heterocycles. The van der Waals surface area contributed by atoms with Gasteiger partial charge in [0, 0.05) is 5.02 Å². The van der Waals surface area contributed by atoms with Gasteiger partial charge in [0.25, 0.3) is 0 Å². The van der Waals surface area contributed by atoms with Crippen molar-refractivity contribution in [1.82, 2.24) is 5.32 Å². The molecule has 0 aliphatic rings. The fourth-order valence-corrected chi connectivity index (χ4v) is 2.79. The molecule has 2 rings (SSSR count). The third kappa shape index (κ3) is 3.46. The zero-order valence-corrected chi connectivity index (χ0v) is 14.3. The molecule has 0 bridgehead atoms. The van der Waals surface area contributed by atoms with E-state index in [-0.39, 0.29) is 6.04 Å². The maximum absolute atomic E-state index is 6.19. The Hall–Kier alpha value is -0.770. The number of furan rings is 1. The van der Waals surface area contributed by atoms with Gasteiger partial charge in [0.15, 0.2) is 4.67 Å². The van der Waals surface area contributed by atoms with Gasteiger partial charge in [0.05, 0.1) is 6.04 Å². The van der Waals surface area contributed by atoms with Crippen LogP contribution in [0.5, 0.6) is 0 Å². The summed E-state index contributed by atoms with van der Waals surface area (Å²) in [5.41, 5.74) is 3.46. The maximum atomic E-state index is 6.19. The van der Waals surface area contributed by atoms with E-state index >= 15 is 0 Å². The summed E-state index contributed by atoms with van der Waals surface area (Å²) in [6.07, 6.45) is 1.07. The lowest BCUT2D eigenvalue weighted by molar-refractivity contribution is 0.432. The van der Waals surface area contributed by atoms with Crippen LogP contribution in [0, 0.1) is 13.8 Å². The molecule has 4 heteroatoms. The van der Waals surface area contributed by atoms with Gasteiger partial charge >= 0.3 is 0 Å². The van der Waals surface area contributed by atoms with Crippen LogP contribution < -0.4 is 5.32 Å². The van der Waals surface area contributed by atoms with Crippen molar-refractivity contribution in [3.63, 3.8) is 0 Å². The highest BCUT2D eigenvalue weighted by molar-refractivity contribution is 9.10. The van der Waals surface area contributed by atoms with Crippen molar-refractivity contribution in [3.05, 3.63) is 56.4 Å². The summed E-state index contributed by atoms with van der Waals surface area (Å²) >= 11 is 9.56. The lowest BCUT2D eigenvalue weighted by Gasteiger charge is -2.20. The van der Waals surface area contributed by atoms with Crippen LogP contribution >= 0.6 is 27.5 Å². The highest BCUT2D eigenvalue weighted by Gasteiger charge is 2.19. The molecule has 0 amide bonds. The topological polar surface area (TPSA) is 25.2 Å². The van der Waals surface area contributed by atoms with E-state index in [1.54, 1.807) is 0 Å². The smallest absolute Gasteiger partial charge is 0.169 e. The molecule has 1 N–H and O–H groups in total. The molecule has 1 aromatic carbocycles. The van der Waals surface area contributed by atoms with Gasteiger partial charge in [-0.2, -0.15) is 0 Å². The van der Waals surface area contributed by atoms with Gasteiger partial charge in [-0.05, 0) is 77.6 Å². The van der Waals surface area contributed by atoms with E-state index < -0.39 is 0 Å². The number of hydrogen-bond acceptors (Lipinski definition) is 2. The van der Waals surface area contributed by atoms with Crippen LogP contribution in [0.4, 0.5) is 0 Å². The Morgan fingerprint density at radius 1 is 1.25 bits per heavy atom. The summed E-state index contributed by atoms with van der Waals surface area (Å²) in [7, 11) is 0. The van der Waals surface area contributed by atoms with Crippen LogP contribution in [0.15, 0.2) is 33.4 Å². The highest BCUT2D eigenvalue weighted by atomic mass is 79.9. The molecule has 1 heterocycles. The maximum Gasteiger partial charge on any atom is 0.169 e. The minimum absolute atomic E-state index is 0.0530.